The summed E-state index contributed by atoms with van der Waals surface area (Å²) in [5.41, 5.74) is 1.87. The lowest BCUT2D eigenvalue weighted by Crippen LogP contribution is -2.04. The number of ether oxygens (including phenoxy) is 1. The second-order valence-corrected chi connectivity index (χ2v) is 6.91. The van der Waals surface area contributed by atoms with Crippen LogP contribution in [0.5, 0.6) is 5.88 Å². The molecule has 2 heterocycles. The van der Waals surface area contributed by atoms with Crippen LogP contribution in [0.3, 0.4) is 0 Å². The van der Waals surface area contributed by atoms with E-state index in [1.165, 1.54) is 18.2 Å². The monoisotopic (exact) mass is 430 g/mol. The van der Waals surface area contributed by atoms with Gasteiger partial charge in [0.2, 0.25) is 11.5 Å². The third kappa shape index (κ3) is 4.11. The molecule has 0 saturated carbocycles. The number of aromatic nitrogens is 3. The fourth-order valence-electron chi connectivity index (χ4n) is 3.09. The molecule has 3 aromatic carbocycles. The number of nitrogens with zero attached hydrogens (tertiary/aromatic N) is 3. The Bertz CT molecular complexity index is 1390. The van der Waals surface area contributed by atoms with E-state index in [2.05, 4.69) is 20.3 Å². The molecule has 1 N–H and O–H groups in total. The first-order chi connectivity index (χ1) is 15.7. The Morgan fingerprint density at radius 1 is 0.844 bits per heavy atom. The predicted molar refractivity (Wildman–Crippen MR) is 115 cm³/mol. The Labute approximate surface area is 181 Å². The Hall–Kier alpha value is -4.33. The van der Waals surface area contributed by atoms with E-state index in [0.717, 1.165) is 5.56 Å². The number of benzene rings is 3. The van der Waals surface area contributed by atoms with E-state index < -0.39 is 11.6 Å². The van der Waals surface area contributed by atoms with Crippen molar-refractivity contribution >= 4 is 22.9 Å². The van der Waals surface area contributed by atoms with Gasteiger partial charge in [0, 0.05) is 5.56 Å². The Balaban J connectivity index is 1.55. The Kier molecular flexibility index (Phi) is 5.17. The van der Waals surface area contributed by atoms with Crippen LogP contribution in [0.2, 0.25) is 0 Å². The van der Waals surface area contributed by atoms with Crippen molar-refractivity contribution in [3.63, 3.8) is 0 Å². The molecule has 0 aliphatic rings. The van der Waals surface area contributed by atoms with Gasteiger partial charge in [-0.3, -0.25) is 0 Å². The van der Waals surface area contributed by atoms with Crippen molar-refractivity contribution in [1.29, 1.82) is 0 Å². The van der Waals surface area contributed by atoms with Crippen molar-refractivity contribution in [2.24, 2.45) is 0 Å². The van der Waals surface area contributed by atoms with E-state index in [9.17, 15) is 8.78 Å². The summed E-state index contributed by atoms with van der Waals surface area (Å²) in [7, 11) is 0. The second kappa shape index (κ2) is 8.43. The summed E-state index contributed by atoms with van der Waals surface area (Å²) in [6.07, 6.45) is 0. The third-order valence-corrected chi connectivity index (χ3v) is 4.63. The summed E-state index contributed by atoms with van der Waals surface area (Å²) < 4.78 is 39.4. The van der Waals surface area contributed by atoms with Crippen molar-refractivity contribution in [3.05, 3.63) is 96.1 Å². The van der Waals surface area contributed by atoms with Crippen LogP contribution in [0.15, 0.2) is 83.3 Å². The van der Waals surface area contributed by atoms with Crippen LogP contribution in [0.4, 0.5) is 20.3 Å². The van der Waals surface area contributed by atoms with Gasteiger partial charge in [0.1, 0.15) is 18.2 Å². The van der Waals surface area contributed by atoms with Crippen LogP contribution >= 0.6 is 0 Å². The number of halogens is 2. The smallest absolute Gasteiger partial charge is 0.270 e. The van der Waals surface area contributed by atoms with E-state index in [1.54, 1.807) is 30.3 Å². The number of hydrogen-bond acceptors (Lipinski definition) is 6. The highest BCUT2D eigenvalue weighted by molar-refractivity contribution is 5.74. The van der Waals surface area contributed by atoms with Gasteiger partial charge in [-0.15, -0.1) is 0 Å². The van der Waals surface area contributed by atoms with Crippen molar-refractivity contribution < 1.29 is 17.9 Å². The normalized spacial score (nSPS) is 10.9. The van der Waals surface area contributed by atoms with Crippen molar-refractivity contribution in [2.45, 2.75) is 6.61 Å². The van der Waals surface area contributed by atoms with Gasteiger partial charge in [0.05, 0.1) is 5.69 Å². The summed E-state index contributed by atoms with van der Waals surface area (Å²) in [5, 5.41) is 2.91. The van der Waals surface area contributed by atoms with Crippen LogP contribution in [0, 0.1) is 11.6 Å². The molecule has 0 spiro atoms. The number of para-hydroxylation sites is 1. The van der Waals surface area contributed by atoms with E-state index in [1.807, 2.05) is 30.3 Å². The van der Waals surface area contributed by atoms with Crippen LogP contribution in [-0.4, -0.2) is 15.0 Å². The number of fused-ring (bicyclic) bond motifs is 1. The summed E-state index contributed by atoms with van der Waals surface area (Å²) in [4.78, 5) is 13.1. The minimum absolute atomic E-state index is 0.117. The number of nitrogens with one attached hydrogen (secondary N) is 1. The molecule has 8 heteroatoms. The predicted octanol–water partition coefficient (Wildman–Crippen LogP) is 5.89. The molecule has 158 valence electrons. The standard InChI is InChI=1S/C24H16F2N4O2/c25-17-10-6-9-16(13-17)22-29-21-24(32-22)30-23(31-14-15-7-2-1-3-8-15)20(28-21)27-19-12-5-4-11-18(19)26/h1-13H,14H2,(H,27,28). The summed E-state index contributed by atoms with van der Waals surface area (Å²) >= 11 is 0. The van der Waals surface area contributed by atoms with E-state index in [4.69, 9.17) is 9.15 Å². The lowest BCUT2D eigenvalue weighted by Gasteiger charge is -2.11. The molecule has 2 aromatic heterocycles. The first-order valence-electron chi connectivity index (χ1n) is 9.78. The fourth-order valence-corrected chi connectivity index (χ4v) is 3.09. The average Bonchev–Trinajstić information content (AvgIpc) is 3.23. The van der Waals surface area contributed by atoms with E-state index in [-0.39, 0.29) is 41.2 Å². The molecule has 0 amide bonds. The van der Waals surface area contributed by atoms with E-state index in [0.29, 0.717) is 5.56 Å². The zero-order valence-electron chi connectivity index (χ0n) is 16.6. The highest BCUT2D eigenvalue weighted by atomic mass is 19.1. The molecule has 0 bridgehead atoms. The van der Waals surface area contributed by atoms with Gasteiger partial charge in [0.25, 0.3) is 11.6 Å². The first-order valence-corrected chi connectivity index (χ1v) is 9.78. The molecule has 0 fully saturated rings. The van der Waals surface area contributed by atoms with Gasteiger partial charge in [-0.1, -0.05) is 48.5 Å². The van der Waals surface area contributed by atoms with Crippen molar-refractivity contribution in [1.82, 2.24) is 15.0 Å². The topological polar surface area (TPSA) is 73.1 Å². The van der Waals surface area contributed by atoms with Gasteiger partial charge in [0.15, 0.2) is 5.82 Å². The molecule has 6 nitrogen and oxygen atoms in total. The van der Waals surface area contributed by atoms with Crippen molar-refractivity contribution in [2.75, 3.05) is 5.32 Å². The molecule has 5 rings (SSSR count). The van der Waals surface area contributed by atoms with Gasteiger partial charge >= 0.3 is 0 Å². The van der Waals surface area contributed by atoms with Crippen molar-refractivity contribution in [3.8, 4) is 17.3 Å². The largest absolute Gasteiger partial charge is 0.470 e. The molecule has 5 aromatic rings. The zero-order valence-corrected chi connectivity index (χ0v) is 16.6. The van der Waals surface area contributed by atoms with Crippen LogP contribution in [0.1, 0.15) is 5.56 Å². The molecule has 0 saturated heterocycles. The van der Waals surface area contributed by atoms with Gasteiger partial charge in [-0.2, -0.15) is 9.97 Å². The maximum absolute atomic E-state index is 14.2. The summed E-state index contributed by atoms with van der Waals surface area (Å²) in [6, 6.07) is 21.6. The zero-order chi connectivity index (χ0) is 21.9. The number of anilines is 2. The molecular formula is C24H16F2N4O2. The third-order valence-electron chi connectivity index (χ3n) is 4.63. The van der Waals surface area contributed by atoms with Gasteiger partial charge in [-0.25, -0.2) is 13.8 Å². The molecule has 0 radical (unpaired) electrons. The quantitative estimate of drug-likeness (QED) is 0.362. The number of hydrogen-bond donors (Lipinski definition) is 1. The molecule has 0 unspecified atom stereocenters. The SMILES string of the molecule is Fc1cccc(-c2nc3nc(Nc4ccccc4F)c(OCc4ccccc4)nc3o2)c1. The minimum atomic E-state index is -0.455. The highest BCUT2D eigenvalue weighted by Crippen LogP contribution is 2.30. The first kappa shape index (κ1) is 19.6. The average molecular weight is 430 g/mol. The molecular weight excluding hydrogens is 414 g/mol. The Morgan fingerprint density at radius 3 is 2.47 bits per heavy atom. The highest BCUT2D eigenvalue weighted by Gasteiger charge is 2.18. The van der Waals surface area contributed by atoms with Gasteiger partial charge < -0.3 is 14.5 Å². The lowest BCUT2D eigenvalue weighted by atomic mass is 10.2. The number of rotatable bonds is 6. The molecule has 0 atom stereocenters. The Morgan fingerprint density at radius 2 is 1.66 bits per heavy atom. The molecule has 0 aliphatic carbocycles. The van der Waals surface area contributed by atoms with E-state index >= 15 is 0 Å². The maximum atomic E-state index is 14.2. The van der Waals surface area contributed by atoms with Gasteiger partial charge in [-0.05, 0) is 35.9 Å². The summed E-state index contributed by atoms with van der Waals surface area (Å²) in [6.45, 7) is 0.220. The molecule has 32 heavy (non-hydrogen) atoms. The minimum Gasteiger partial charge on any atom is -0.470 e. The molecule has 0 aliphatic heterocycles. The summed E-state index contributed by atoms with van der Waals surface area (Å²) in [5.74, 6) is -0.413. The lowest BCUT2D eigenvalue weighted by molar-refractivity contribution is 0.294. The number of oxazole rings is 1. The maximum Gasteiger partial charge on any atom is 0.270 e. The van der Waals surface area contributed by atoms with Crippen LogP contribution < -0.4 is 10.1 Å². The second-order valence-electron chi connectivity index (χ2n) is 6.91. The fraction of sp³-hybridized carbons (Fsp3) is 0.0417. The van der Waals surface area contributed by atoms with Crippen LogP contribution in [0.25, 0.3) is 22.8 Å². The van der Waals surface area contributed by atoms with Crippen LogP contribution in [-0.2, 0) is 6.61 Å².